The fourth-order valence-corrected chi connectivity index (χ4v) is 2.15. The van der Waals surface area contributed by atoms with Crippen molar-refractivity contribution in [3.8, 4) is 0 Å². The van der Waals surface area contributed by atoms with E-state index in [-0.39, 0.29) is 5.56 Å². The van der Waals surface area contributed by atoms with Gasteiger partial charge in [-0.2, -0.15) is 0 Å². The van der Waals surface area contributed by atoms with Crippen LogP contribution >= 0.6 is 0 Å². The second kappa shape index (κ2) is 6.49. The molecule has 3 heteroatoms. The van der Waals surface area contributed by atoms with E-state index in [1.807, 2.05) is 6.92 Å². The molecule has 1 unspecified atom stereocenters. The fraction of sp³-hybridized carbons (Fsp3) is 0.529. The smallest absolute Gasteiger partial charge is 0.270 e. The highest BCUT2D eigenvalue weighted by atomic mass is 19.3. The molecular weight excluding hydrogens is 256 g/mol. The van der Waals surface area contributed by atoms with Crippen LogP contribution in [0, 0.1) is 0 Å². The number of hydrogen-bond donors (Lipinski definition) is 1. The van der Waals surface area contributed by atoms with Crippen LogP contribution in [0.2, 0.25) is 0 Å². The topological polar surface area (TPSA) is 26.0 Å². The second-order valence-electron chi connectivity index (χ2n) is 6.06. The van der Waals surface area contributed by atoms with E-state index in [1.165, 1.54) is 17.7 Å². The summed E-state index contributed by atoms with van der Waals surface area (Å²) in [6.45, 7) is 7.01. The molecule has 0 fully saturated rings. The van der Waals surface area contributed by atoms with Gasteiger partial charge in [-0.25, -0.2) is 8.78 Å². The molecule has 0 saturated heterocycles. The molecule has 0 bridgehead atoms. The standard InChI is InChI=1S/C17H25F2N/c1-13(2)7-5-6-12-16(3,20)14-8-10-15(11-9-14)17(4,18)19/h7-11H,5-6,12,20H2,1-4H3. The van der Waals surface area contributed by atoms with Gasteiger partial charge in [-0.1, -0.05) is 35.9 Å². The highest BCUT2D eigenvalue weighted by Gasteiger charge is 2.26. The van der Waals surface area contributed by atoms with Crippen molar-refractivity contribution in [2.45, 2.75) is 58.4 Å². The lowest BCUT2D eigenvalue weighted by molar-refractivity contribution is 0.0174. The number of alkyl halides is 2. The summed E-state index contributed by atoms with van der Waals surface area (Å²) in [4.78, 5) is 0. The van der Waals surface area contributed by atoms with Gasteiger partial charge in [0.2, 0.25) is 0 Å². The summed E-state index contributed by atoms with van der Waals surface area (Å²) in [6.07, 6.45) is 5.01. The van der Waals surface area contributed by atoms with E-state index in [0.717, 1.165) is 31.7 Å². The Bertz CT molecular complexity index is 449. The van der Waals surface area contributed by atoms with Gasteiger partial charge in [0.15, 0.2) is 0 Å². The number of allylic oxidation sites excluding steroid dienone is 2. The lowest BCUT2D eigenvalue weighted by Gasteiger charge is -2.26. The maximum atomic E-state index is 13.2. The van der Waals surface area contributed by atoms with Crippen molar-refractivity contribution in [2.24, 2.45) is 5.73 Å². The van der Waals surface area contributed by atoms with E-state index in [2.05, 4.69) is 19.9 Å². The minimum absolute atomic E-state index is 0.0293. The van der Waals surface area contributed by atoms with Crippen LogP contribution in [0.4, 0.5) is 8.78 Å². The van der Waals surface area contributed by atoms with Gasteiger partial charge in [0.05, 0.1) is 0 Å². The van der Waals surface area contributed by atoms with Gasteiger partial charge < -0.3 is 5.73 Å². The Morgan fingerprint density at radius 1 is 1.10 bits per heavy atom. The summed E-state index contributed by atoms with van der Waals surface area (Å²) in [5.41, 5.74) is 8.07. The van der Waals surface area contributed by atoms with E-state index < -0.39 is 11.5 Å². The molecule has 0 heterocycles. The Kier molecular flexibility index (Phi) is 5.46. The SMILES string of the molecule is CC(C)=CCCCC(C)(N)c1ccc(C(C)(F)F)cc1. The summed E-state index contributed by atoms with van der Waals surface area (Å²) in [5.74, 6) is -2.80. The molecular formula is C17H25F2N. The van der Waals surface area contributed by atoms with E-state index in [0.29, 0.717) is 0 Å². The fourth-order valence-electron chi connectivity index (χ4n) is 2.15. The highest BCUT2D eigenvalue weighted by molar-refractivity contribution is 5.29. The average molecular weight is 281 g/mol. The second-order valence-corrected chi connectivity index (χ2v) is 6.06. The van der Waals surface area contributed by atoms with Crippen molar-refractivity contribution in [3.63, 3.8) is 0 Å². The van der Waals surface area contributed by atoms with Crippen LogP contribution in [0.1, 0.15) is 58.1 Å². The maximum Gasteiger partial charge on any atom is 0.270 e. The van der Waals surface area contributed by atoms with Crippen LogP contribution in [0.25, 0.3) is 0 Å². The molecule has 112 valence electrons. The zero-order valence-electron chi connectivity index (χ0n) is 12.8. The molecule has 0 aliphatic rings. The van der Waals surface area contributed by atoms with E-state index in [1.54, 1.807) is 12.1 Å². The first kappa shape index (κ1) is 16.8. The van der Waals surface area contributed by atoms with Crippen LogP contribution in [-0.2, 0) is 11.5 Å². The largest absolute Gasteiger partial charge is 0.322 e. The summed E-state index contributed by atoms with van der Waals surface area (Å²) in [5, 5.41) is 0. The van der Waals surface area contributed by atoms with Crippen LogP contribution in [-0.4, -0.2) is 0 Å². The average Bonchev–Trinajstić information content (AvgIpc) is 2.34. The van der Waals surface area contributed by atoms with Gasteiger partial charge in [-0.05, 0) is 45.6 Å². The third-order valence-corrected chi connectivity index (χ3v) is 3.50. The van der Waals surface area contributed by atoms with Crippen LogP contribution < -0.4 is 5.73 Å². The highest BCUT2D eigenvalue weighted by Crippen LogP contribution is 2.30. The molecule has 0 saturated carbocycles. The summed E-state index contributed by atoms with van der Waals surface area (Å²) >= 11 is 0. The molecule has 20 heavy (non-hydrogen) atoms. The molecule has 2 N–H and O–H groups in total. The van der Waals surface area contributed by atoms with E-state index in [9.17, 15) is 8.78 Å². The molecule has 0 radical (unpaired) electrons. The van der Waals surface area contributed by atoms with Crippen molar-refractivity contribution >= 4 is 0 Å². The molecule has 1 rings (SSSR count). The normalized spacial score (nSPS) is 14.8. The first-order valence-electron chi connectivity index (χ1n) is 7.04. The summed E-state index contributed by atoms with van der Waals surface area (Å²) < 4.78 is 26.3. The van der Waals surface area contributed by atoms with Crippen LogP contribution in [0.15, 0.2) is 35.9 Å². The van der Waals surface area contributed by atoms with Crippen molar-refractivity contribution in [1.82, 2.24) is 0 Å². The van der Waals surface area contributed by atoms with Crippen LogP contribution in [0.3, 0.4) is 0 Å². The van der Waals surface area contributed by atoms with E-state index >= 15 is 0 Å². The number of rotatable bonds is 6. The zero-order chi connectivity index (χ0) is 15.4. The maximum absolute atomic E-state index is 13.2. The molecule has 0 spiro atoms. The lowest BCUT2D eigenvalue weighted by Crippen LogP contribution is -2.32. The number of nitrogens with two attached hydrogens (primary N) is 1. The first-order valence-corrected chi connectivity index (χ1v) is 7.04. The monoisotopic (exact) mass is 281 g/mol. The van der Waals surface area contributed by atoms with Crippen molar-refractivity contribution in [1.29, 1.82) is 0 Å². The molecule has 0 aliphatic heterocycles. The van der Waals surface area contributed by atoms with Gasteiger partial charge in [0.25, 0.3) is 5.92 Å². The first-order chi connectivity index (χ1) is 9.13. The number of unbranched alkanes of at least 4 members (excludes halogenated alkanes) is 1. The lowest BCUT2D eigenvalue weighted by atomic mass is 9.87. The molecule has 1 atom stereocenters. The number of hydrogen-bond acceptors (Lipinski definition) is 1. The predicted octanol–water partition coefficient (Wildman–Crippen LogP) is 5.11. The van der Waals surface area contributed by atoms with Gasteiger partial charge in [-0.15, -0.1) is 0 Å². The third-order valence-electron chi connectivity index (χ3n) is 3.50. The Balaban J connectivity index is 2.70. The zero-order valence-corrected chi connectivity index (χ0v) is 12.8. The molecule has 0 aromatic heterocycles. The van der Waals surface area contributed by atoms with Gasteiger partial charge in [0.1, 0.15) is 0 Å². The Morgan fingerprint density at radius 3 is 2.05 bits per heavy atom. The predicted molar refractivity (Wildman–Crippen MR) is 80.8 cm³/mol. The van der Waals surface area contributed by atoms with Crippen molar-refractivity contribution in [3.05, 3.63) is 47.0 Å². The van der Waals surface area contributed by atoms with Crippen molar-refractivity contribution in [2.75, 3.05) is 0 Å². The Morgan fingerprint density at radius 2 is 1.60 bits per heavy atom. The molecule has 0 aliphatic carbocycles. The van der Waals surface area contributed by atoms with Gasteiger partial charge in [-0.3, -0.25) is 0 Å². The Hall–Kier alpha value is -1.22. The molecule has 0 amide bonds. The van der Waals surface area contributed by atoms with E-state index in [4.69, 9.17) is 5.73 Å². The van der Waals surface area contributed by atoms with Gasteiger partial charge >= 0.3 is 0 Å². The quantitative estimate of drug-likeness (QED) is 0.569. The minimum atomic E-state index is -2.80. The number of halogens is 2. The third kappa shape index (κ3) is 5.04. The molecule has 1 aromatic carbocycles. The van der Waals surface area contributed by atoms with Gasteiger partial charge in [0, 0.05) is 18.0 Å². The van der Waals surface area contributed by atoms with Crippen LogP contribution in [0.5, 0.6) is 0 Å². The van der Waals surface area contributed by atoms with Crippen molar-refractivity contribution < 1.29 is 8.78 Å². The molecule has 1 nitrogen and oxygen atoms in total. The number of benzene rings is 1. The minimum Gasteiger partial charge on any atom is -0.322 e. The summed E-state index contributed by atoms with van der Waals surface area (Å²) in [7, 11) is 0. The summed E-state index contributed by atoms with van der Waals surface area (Å²) in [6, 6.07) is 6.37. The molecule has 1 aromatic rings. The Labute approximate surface area is 120 Å².